The number of halogens is 1. The molecule has 0 bridgehead atoms. The second-order valence-corrected chi connectivity index (χ2v) is 6.61. The minimum atomic E-state index is -0.484. The second-order valence-electron chi connectivity index (χ2n) is 6.61. The van der Waals surface area contributed by atoms with E-state index in [-0.39, 0.29) is 18.0 Å². The highest BCUT2D eigenvalue weighted by molar-refractivity contribution is 5.68. The Kier molecular flexibility index (Phi) is 7.49. The molecule has 0 saturated carbocycles. The van der Waals surface area contributed by atoms with Crippen LogP contribution in [0.4, 0.5) is 9.18 Å². The van der Waals surface area contributed by atoms with E-state index >= 15 is 0 Å². The number of benzene rings is 1. The molecule has 5 heteroatoms. The Bertz CT molecular complexity index is 500. The average molecular weight is 324 g/mol. The van der Waals surface area contributed by atoms with Crippen molar-refractivity contribution in [1.29, 1.82) is 0 Å². The molecule has 1 unspecified atom stereocenters. The molecule has 0 saturated heterocycles. The lowest BCUT2D eigenvalue weighted by atomic mass is 10.1. The monoisotopic (exact) mass is 324 g/mol. The van der Waals surface area contributed by atoms with E-state index in [9.17, 15) is 9.18 Å². The van der Waals surface area contributed by atoms with Crippen LogP contribution in [-0.4, -0.2) is 36.2 Å². The number of rotatable bonds is 7. The molecular formula is C18H29FN2O2. The predicted molar refractivity (Wildman–Crippen MR) is 90.9 cm³/mol. The van der Waals surface area contributed by atoms with E-state index in [0.29, 0.717) is 25.2 Å². The first-order valence-electron chi connectivity index (χ1n) is 8.20. The van der Waals surface area contributed by atoms with Crippen molar-refractivity contribution in [3.63, 3.8) is 0 Å². The van der Waals surface area contributed by atoms with E-state index in [1.807, 2.05) is 40.7 Å². The molecule has 23 heavy (non-hydrogen) atoms. The Labute approximate surface area is 139 Å². The number of carbonyl (C=O) groups excluding carboxylic acids is 1. The Morgan fingerprint density at radius 2 is 2.00 bits per heavy atom. The predicted octanol–water partition coefficient (Wildman–Crippen LogP) is 4.12. The van der Waals surface area contributed by atoms with Gasteiger partial charge in [-0.25, -0.2) is 9.18 Å². The summed E-state index contributed by atoms with van der Waals surface area (Å²) < 4.78 is 19.1. The van der Waals surface area contributed by atoms with Gasteiger partial charge in [0.25, 0.3) is 0 Å². The zero-order chi connectivity index (χ0) is 17.5. The van der Waals surface area contributed by atoms with Gasteiger partial charge in [0.2, 0.25) is 0 Å². The van der Waals surface area contributed by atoms with Crippen LogP contribution in [0.3, 0.4) is 0 Å². The van der Waals surface area contributed by atoms with Gasteiger partial charge in [0.15, 0.2) is 0 Å². The van der Waals surface area contributed by atoms with Crippen molar-refractivity contribution < 1.29 is 13.9 Å². The van der Waals surface area contributed by atoms with Crippen molar-refractivity contribution in [3.8, 4) is 0 Å². The Morgan fingerprint density at radius 3 is 2.57 bits per heavy atom. The minimum Gasteiger partial charge on any atom is -0.444 e. The molecule has 0 heterocycles. The number of ether oxygens (including phenoxy) is 1. The summed E-state index contributed by atoms with van der Waals surface area (Å²) in [5.74, 6) is -0.198. The Hall–Kier alpha value is -1.62. The highest BCUT2D eigenvalue weighted by Crippen LogP contribution is 2.16. The molecule has 0 aliphatic rings. The third-order valence-corrected chi connectivity index (χ3v) is 3.46. The lowest BCUT2D eigenvalue weighted by Gasteiger charge is -2.26. The van der Waals surface area contributed by atoms with Gasteiger partial charge in [-0.05, 0) is 53.7 Å². The van der Waals surface area contributed by atoms with Gasteiger partial charge < -0.3 is 15.0 Å². The number of nitrogens with zero attached hydrogens (tertiary/aromatic N) is 1. The lowest BCUT2D eigenvalue weighted by molar-refractivity contribution is 0.0258. The highest BCUT2D eigenvalue weighted by atomic mass is 19.1. The maximum Gasteiger partial charge on any atom is 0.410 e. The molecule has 0 radical (unpaired) electrons. The van der Waals surface area contributed by atoms with E-state index in [0.717, 1.165) is 6.42 Å². The third-order valence-electron chi connectivity index (χ3n) is 3.46. The van der Waals surface area contributed by atoms with Crippen molar-refractivity contribution in [1.82, 2.24) is 10.2 Å². The largest absolute Gasteiger partial charge is 0.444 e. The number of amides is 1. The van der Waals surface area contributed by atoms with Gasteiger partial charge in [0.05, 0.1) is 0 Å². The maximum absolute atomic E-state index is 13.7. The molecular weight excluding hydrogens is 295 g/mol. The third kappa shape index (κ3) is 6.99. The van der Waals surface area contributed by atoms with Crippen LogP contribution in [0.5, 0.6) is 0 Å². The summed E-state index contributed by atoms with van der Waals surface area (Å²) >= 11 is 0. The van der Waals surface area contributed by atoms with Gasteiger partial charge in [-0.1, -0.05) is 18.2 Å². The molecule has 1 aromatic rings. The van der Waals surface area contributed by atoms with Gasteiger partial charge in [-0.3, -0.25) is 0 Å². The van der Waals surface area contributed by atoms with Gasteiger partial charge in [0, 0.05) is 24.7 Å². The molecule has 0 aliphatic heterocycles. The van der Waals surface area contributed by atoms with E-state index in [1.165, 1.54) is 6.07 Å². The standard InChI is InChI=1S/C18H29FN2O2/c1-6-21(17(22)23-18(3,4)5)13-9-12-20-14(2)15-10-7-8-11-16(15)19/h7-8,10-11,14,20H,6,9,12-13H2,1-5H3. The smallest absolute Gasteiger partial charge is 0.410 e. The van der Waals surface area contributed by atoms with Crippen LogP contribution in [0.15, 0.2) is 24.3 Å². The molecule has 0 aromatic heterocycles. The summed E-state index contributed by atoms with van der Waals surface area (Å²) in [5.41, 5.74) is 0.175. The lowest BCUT2D eigenvalue weighted by Crippen LogP contribution is -2.38. The minimum absolute atomic E-state index is 0.0622. The van der Waals surface area contributed by atoms with Crippen molar-refractivity contribution in [2.75, 3.05) is 19.6 Å². The Morgan fingerprint density at radius 1 is 1.35 bits per heavy atom. The average Bonchev–Trinajstić information content (AvgIpc) is 2.45. The molecule has 1 atom stereocenters. The first-order chi connectivity index (χ1) is 10.7. The first-order valence-corrected chi connectivity index (χ1v) is 8.20. The number of hydrogen-bond acceptors (Lipinski definition) is 3. The van der Waals surface area contributed by atoms with Gasteiger partial charge in [0.1, 0.15) is 11.4 Å². The van der Waals surface area contributed by atoms with E-state index in [2.05, 4.69) is 5.32 Å². The van der Waals surface area contributed by atoms with Crippen molar-refractivity contribution in [3.05, 3.63) is 35.6 Å². The number of carbonyl (C=O) groups is 1. The van der Waals surface area contributed by atoms with E-state index in [1.54, 1.807) is 17.0 Å². The summed E-state index contributed by atoms with van der Waals surface area (Å²) in [6.45, 7) is 11.4. The van der Waals surface area contributed by atoms with Gasteiger partial charge in [-0.2, -0.15) is 0 Å². The quantitative estimate of drug-likeness (QED) is 0.767. The fraction of sp³-hybridized carbons (Fsp3) is 0.611. The van der Waals surface area contributed by atoms with Crippen molar-refractivity contribution >= 4 is 6.09 Å². The summed E-state index contributed by atoms with van der Waals surface area (Å²) in [6, 6.07) is 6.71. The van der Waals surface area contributed by atoms with Gasteiger partial charge >= 0.3 is 6.09 Å². The van der Waals surface area contributed by atoms with Crippen molar-refractivity contribution in [2.24, 2.45) is 0 Å². The zero-order valence-corrected chi connectivity index (χ0v) is 14.9. The van der Waals surface area contributed by atoms with Crippen LogP contribution in [-0.2, 0) is 4.74 Å². The first kappa shape index (κ1) is 19.4. The van der Waals surface area contributed by atoms with Crippen LogP contribution in [0.25, 0.3) is 0 Å². The molecule has 1 aromatic carbocycles. The van der Waals surface area contributed by atoms with E-state index in [4.69, 9.17) is 4.74 Å². The van der Waals surface area contributed by atoms with Crippen LogP contribution in [0, 0.1) is 5.82 Å². The highest BCUT2D eigenvalue weighted by Gasteiger charge is 2.20. The molecule has 0 spiro atoms. The van der Waals surface area contributed by atoms with Crippen molar-refractivity contribution in [2.45, 2.75) is 52.7 Å². The van der Waals surface area contributed by atoms with Crippen LogP contribution >= 0.6 is 0 Å². The molecule has 0 aliphatic carbocycles. The Balaban J connectivity index is 2.38. The summed E-state index contributed by atoms with van der Waals surface area (Å²) in [5, 5.41) is 3.29. The summed E-state index contributed by atoms with van der Waals surface area (Å²) in [7, 11) is 0. The summed E-state index contributed by atoms with van der Waals surface area (Å²) in [4.78, 5) is 13.7. The van der Waals surface area contributed by atoms with Crippen LogP contribution in [0.1, 0.15) is 52.6 Å². The maximum atomic E-state index is 13.7. The fourth-order valence-corrected chi connectivity index (χ4v) is 2.23. The molecule has 1 rings (SSSR count). The number of nitrogens with one attached hydrogen (secondary N) is 1. The number of hydrogen-bond donors (Lipinski definition) is 1. The van der Waals surface area contributed by atoms with E-state index < -0.39 is 5.60 Å². The topological polar surface area (TPSA) is 41.6 Å². The molecule has 1 amide bonds. The summed E-state index contributed by atoms with van der Waals surface area (Å²) in [6.07, 6.45) is 0.494. The van der Waals surface area contributed by atoms with Gasteiger partial charge in [-0.15, -0.1) is 0 Å². The molecule has 1 N–H and O–H groups in total. The molecule has 4 nitrogen and oxygen atoms in total. The van der Waals surface area contributed by atoms with Crippen LogP contribution < -0.4 is 5.32 Å². The normalized spacial score (nSPS) is 12.8. The van der Waals surface area contributed by atoms with Crippen LogP contribution in [0.2, 0.25) is 0 Å². The second kappa shape index (κ2) is 8.87. The SMILES string of the molecule is CCN(CCCNC(C)c1ccccc1F)C(=O)OC(C)(C)C. The fourth-order valence-electron chi connectivity index (χ4n) is 2.23. The molecule has 0 fully saturated rings. The molecule has 130 valence electrons. The zero-order valence-electron chi connectivity index (χ0n) is 14.9.